The third-order valence-corrected chi connectivity index (χ3v) is 9.52. The maximum absolute atomic E-state index is 13.1. The van der Waals surface area contributed by atoms with Crippen molar-refractivity contribution in [3.63, 3.8) is 0 Å². The molecule has 50 heavy (non-hydrogen) atoms. The standard InChI is InChI=1S/C36H70N3O10P/c1-29(2)35(44)37-25-20-18-22-32(36(45)38-26-19-17-21-31(27-40)28-48-50(46,47)49-30(3)4)39-33(41)23-15-13-11-9-7-5-6-8-10-12-14-16-24-34(42)43/h29-32,40H,5-28H2,1-4H3,(H,37,44)(H,38,45)(H,39,41)(H,42,43)(H,46,47)/t31?,32-/m0/s1. The Morgan fingerprint density at radius 3 is 1.62 bits per heavy atom. The molecular formula is C36H70N3O10P. The van der Waals surface area contributed by atoms with Crippen molar-refractivity contribution in [1.29, 1.82) is 0 Å². The lowest BCUT2D eigenvalue weighted by Gasteiger charge is -2.20. The van der Waals surface area contributed by atoms with Gasteiger partial charge < -0.3 is 31.1 Å². The summed E-state index contributed by atoms with van der Waals surface area (Å²) in [4.78, 5) is 57.9. The maximum Gasteiger partial charge on any atom is 0.472 e. The fourth-order valence-electron chi connectivity index (χ4n) is 5.37. The molecule has 13 nitrogen and oxygen atoms in total. The van der Waals surface area contributed by atoms with E-state index in [1.165, 1.54) is 25.7 Å². The summed E-state index contributed by atoms with van der Waals surface area (Å²) in [5.74, 6) is -1.56. The second-order valence-electron chi connectivity index (χ2n) is 14.0. The number of hydrogen-bond acceptors (Lipinski definition) is 8. The number of phosphoric acid groups is 1. The Bertz CT molecular complexity index is 966. The number of nitrogens with one attached hydrogen (secondary N) is 3. The van der Waals surface area contributed by atoms with E-state index in [1.807, 2.05) is 13.8 Å². The van der Waals surface area contributed by atoms with Gasteiger partial charge in [0.1, 0.15) is 6.04 Å². The zero-order valence-electron chi connectivity index (χ0n) is 31.4. The largest absolute Gasteiger partial charge is 0.481 e. The first-order chi connectivity index (χ1) is 23.8. The zero-order chi connectivity index (χ0) is 37.6. The predicted octanol–water partition coefficient (Wildman–Crippen LogP) is 6.40. The minimum absolute atomic E-state index is 0.0152. The van der Waals surface area contributed by atoms with Crippen molar-refractivity contribution in [3.05, 3.63) is 0 Å². The van der Waals surface area contributed by atoms with Crippen LogP contribution in [0.2, 0.25) is 0 Å². The third kappa shape index (κ3) is 29.7. The molecule has 0 bridgehead atoms. The van der Waals surface area contributed by atoms with E-state index in [9.17, 15) is 33.7 Å². The number of aliphatic carboxylic acids is 1. The molecule has 0 rings (SSSR count). The molecule has 0 aliphatic heterocycles. The number of rotatable bonds is 34. The number of carboxylic acid groups (broad SMARTS) is 1. The minimum Gasteiger partial charge on any atom is -0.481 e. The molecule has 0 aromatic carbocycles. The molecule has 0 radical (unpaired) electrons. The molecule has 0 heterocycles. The van der Waals surface area contributed by atoms with Crippen molar-refractivity contribution < 1.29 is 47.9 Å². The Balaban J connectivity index is 4.45. The van der Waals surface area contributed by atoms with Gasteiger partial charge in [0.25, 0.3) is 0 Å². The highest BCUT2D eigenvalue weighted by Crippen LogP contribution is 2.45. The quantitative estimate of drug-likeness (QED) is 0.0318. The summed E-state index contributed by atoms with van der Waals surface area (Å²) in [6, 6.07) is -0.668. The summed E-state index contributed by atoms with van der Waals surface area (Å²) < 4.78 is 21.8. The van der Waals surface area contributed by atoms with Crippen LogP contribution < -0.4 is 16.0 Å². The van der Waals surface area contributed by atoms with E-state index < -0.39 is 25.9 Å². The van der Waals surface area contributed by atoms with Crippen LogP contribution >= 0.6 is 7.82 Å². The summed E-state index contributed by atoms with van der Waals surface area (Å²) >= 11 is 0. The van der Waals surface area contributed by atoms with Crippen LogP contribution in [-0.4, -0.2) is 77.2 Å². The van der Waals surface area contributed by atoms with E-state index in [1.54, 1.807) is 13.8 Å². The van der Waals surface area contributed by atoms with Crippen LogP contribution in [0.1, 0.15) is 156 Å². The van der Waals surface area contributed by atoms with Gasteiger partial charge in [-0.3, -0.25) is 28.2 Å². The van der Waals surface area contributed by atoms with Crippen molar-refractivity contribution in [1.82, 2.24) is 16.0 Å². The van der Waals surface area contributed by atoms with E-state index in [2.05, 4.69) is 16.0 Å². The SMILES string of the molecule is CC(C)OP(=O)(O)OCC(CO)CCCCNC(=O)[C@H](CCCCNC(=O)C(C)C)NC(=O)CCCCCCCCCCCCCCC(=O)O. The number of carboxylic acids is 1. The summed E-state index contributed by atoms with van der Waals surface area (Å²) in [5.41, 5.74) is 0. The minimum atomic E-state index is -4.18. The lowest BCUT2D eigenvalue weighted by molar-refractivity contribution is -0.137. The molecule has 0 spiro atoms. The molecule has 3 atom stereocenters. The number of phosphoric ester groups is 1. The van der Waals surface area contributed by atoms with Gasteiger partial charge in [0.05, 0.1) is 12.7 Å². The first-order valence-corrected chi connectivity index (χ1v) is 20.6. The zero-order valence-corrected chi connectivity index (χ0v) is 32.3. The number of aliphatic hydroxyl groups is 1. The van der Waals surface area contributed by atoms with Crippen LogP contribution in [0.5, 0.6) is 0 Å². The predicted molar refractivity (Wildman–Crippen MR) is 195 cm³/mol. The number of hydrogen-bond donors (Lipinski definition) is 6. The van der Waals surface area contributed by atoms with Crippen molar-refractivity contribution in [2.75, 3.05) is 26.3 Å². The van der Waals surface area contributed by atoms with Gasteiger partial charge in [-0.15, -0.1) is 0 Å². The molecule has 0 saturated heterocycles. The Hall–Kier alpha value is -2.05. The first-order valence-electron chi connectivity index (χ1n) is 19.1. The third-order valence-electron chi connectivity index (χ3n) is 8.35. The molecule has 14 heteroatoms. The van der Waals surface area contributed by atoms with E-state index in [0.717, 1.165) is 51.4 Å². The number of aliphatic hydroxyl groups excluding tert-OH is 1. The summed E-state index contributed by atoms with van der Waals surface area (Å²) in [6.45, 7) is 7.49. The van der Waals surface area contributed by atoms with Gasteiger partial charge in [-0.05, 0) is 58.8 Å². The van der Waals surface area contributed by atoms with Gasteiger partial charge in [0.2, 0.25) is 17.7 Å². The Kier molecular flexibility index (Phi) is 29.3. The van der Waals surface area contributed by atoms with Crippen LogP contribution in [0.4, 0.5) is 0 Å². The lowest BCUT2D eigenvalue weighted by atomic mass is 10.0. The Labute approximate surface area is 301 Å². The monoisotopic (exact) mass is 735 g/mol. The number of unbranched alkanes of at least 4 members (excludes halogenated alkanes) is 13. The number of carbonyl (C=O) groups excluding carboxylic acids is 3. The number of amides is 3. The van der Waals surface area contributed by atoms with Crippen molar-refractivity contribution >= 4 is 31.5 Å². The Morgan fingerprint density at radius 2 is 1.14 bits per heavy atom. The molecule has 3 amide bonds. The van der Waals surface area contributed by atoms with Crippen LogP contribution in [0.15, 0.2) is 0 Å². The van der Waals surface area contributed by atoms with E-state index >= 15 is 0 Å². The van der Waals surface area contributed by atoms with Gasteiger partial charge in [0, 0.05) is 44.4 Å². The van der Waals surface area contributed by atoms with Gasteiger partial charge in [-0.1, -0.05) is 84.5 Å². The molecule has 2 unspecified atom stereocenters. The lowest BCUT2D eigenvalue weighted by Crippen LogP contribution is -2.47. The molecule has 6 N–H and O–H groups in total. The molecule has 294 valence electrons. The molecular weight excluding hydrogens is 665 g/mol. The van der Waals surface area contributed by atoms with E-state index in [-0.39, 0.29) is 49.2 Å². The summed E-state index contributed by atoms with van der Waals surface area (Å²) in [6.07, 6.45) is 16.5. The highest BCUT2D eigenvalue weighted by Gasteiger charge is 2.25. The van der Waals surface area contributed by atoms with Crippen LogP contribution in [0.25, 0.3) is 0 Å². The van der Waals surface area contributed by atoms with Gasteiger partial charge >= 0.3 is 13.8 Å². The van der Waals surface area contributed by atoms with Crippen LogP contribution in [-0.2, 0) is 32.8 Å². The van der Waals surface area contributed by atoms with Crippen LogP contribution in [0, 0.1) is 11.8 Å². The average molecular weight is 736 g/mol. The van der Waals surface area contributed by atoms with Gasteiger partial charge in [-0.2, -0.15) is 0 Å². The van der Waals surface area contributed by atoms with Crippen molar-refractivity contribution in [3.8, 4) is 0 Å². The molecule has 0 aromatic heterocycles. The first kappa shape index (κ1) is 48.0. The average Bonchev–Trinajstić information content (AvgIpc) is 3.04. The van der Waals surface area contributed by atoms with Crippen molar-refractivity contribution in [2.24, 2.45) is 11.8 Å². The van der Waals surface area contributed by atoms with Gasteiger partial charge in [-0.25, -0.2) is 4.57 Å². The smallest absolute Gasteiger partial charge is 0.472 e. The normalized spacial score (nSPS) is 13.9. The van der Waals surface area contributed by atoms with Crippen LogP contribution in [0.3, 0.4) is 0 Å². The van der Waals surface area contributed by atoms with Crippen molar-refractivity contribution in [2.45, 2.75) is 168 Å². The molecule has 0 saturated carbocycles. The summed E-state index contributed by atoms with van der Waals surface area (Å²) in [5, 5.41) is 27.0. The maximum atomic E-state index is 13.1. The fourth-order valence-corrected chi connectivity index (χ4v) is 6.36. The fraction of sp³-hybridized carbons (Fsp3) is 0.889. The van der Waals surface area contributed by atoms with Gasteiger partial charge in [0.15, 0.2) is 0 Å². The molecule has 0 aromatic rings. The molecule has 0 aliphatic carbocycles. The summed E-state index contributed by atoms with van der Waals surface area (Å²) in [7, 11) is -4.18. The van der Waals surface area contributed by atoms with E-state index in [0.29, 0.717) is 58.0 Å². The topological polar surface area (TPSA) is 201 Å². The highest BCUT2D eigenvalue weighted by atomic mass is 31.2. The number of carbonyl (C=O) groups is 4. The molecule has 0 aliphatic rings. The second-order valence-corrected chi connectivity index (χ2v) is 15.4. The molecule has 0 fully saturated rings. The van der Waals surface area contributed by atoms with E-state index in [4.69, 9.17) is 14.2 Å². The Morgan fingerprint density at radius 1 is 0.660 bits per heavy atom. The second kappa shape index (κ2) is 30.6. The highest BCUT2D eigenvalue weighted by molar-refractivity contribution is 7.47.